The van der Waals surface area contributed by atoms with Crippen molar-refractivity contribution in [1.82, 2.24) is 14.9 Å². The fourth-order valence-corrected chi connectivity index (χ4v) is 2.92. The molecule has 0 aliphatic carbocycles. The first-order valence-corrected chi connectivity index (χ1v) is 9.57. The van der Waals surface area contributed by atoms with Gasteiger partial charge in [0.15, 0.2) is 0 Å². The van der Waals surface area contributed by atoms with Crippen LogP contribution in [0.3, 0.4) is 0 Å². The molecule has 0 atom stereocenters. The largest absolute Gasteiger partial charge is 0.496 e. The Balaban J connectivity index is 2.38. The zero-order chi connectivity index (χ0) is 24.3. The first kappa shape index (κ1) is 25.1. The molecule has 2 aromatic rings. The summed E-state index contributed by atoms with van der Waals surface area (Å²) in [6.45, 7) is 4.81. The molecule has 1 heterocycles. The first-order chi connectivity index (χ1) is 14.8. The molecule has 1 amide bonds. The van der Waals surface area contributed by atoms with Gasteiger partial charge in [0.25, 0.3) is 5.91 Å². The number of ether oxygens (including phenoxy) is 1. The highest BCUT2D eigenvalue weighted by molar-refractivity contribution is 5.97. The monoisotopic (exact) mass is 459 g/mol. The average Bonchev–Trinajstić information content (AvgIpc) is 2.67. The van der Waals surface area contributed by atoms with Gasteiger partial charge in [-0.1, -0.05) is 0 Å². The van der Waals surface area contributed by atoms with Gasteiger partial charge in [0, 0.05) is 32.4 Å². The predicted octanol–water partition coefficient (Wildman–Crippen LogP) is 3.66. The number of hydrogen-bond donors (Lipinski definition) is 3. The summed E-state index contributed by atoms with van der Waals surface area (Å²) in [6.07, 6.45) is -4.08. The summed E-state index contributed by atoms with van der Waals surface area (Å²) in [5, 5.41) is 14.9. The number of rotatable bonds is 8. The third-order valence-corrected chi connectivity index (χ3v) is 4.18. The minimum atomic E-state index is -4.67. The van der Waals surface area contributed by atoms with E-state index in [0.29, 0.717) is 6.20 Å². The second-order valence-electron chi connectivity index (χ2n) is 7.61. The number of carbonyl (C=O) groups excluding carboxylic acids is 1. The van der Waals surface area contributed by atoms with E-state index in [1.165, 1.54) is 39.0 Å². The molecule has 0 aliphatic rings. The molecule has 1 aromatic carbocycles. The van der Waals surface area contributed by atoms with Crippen LogP contribution in [0.15, 0.2) is 18.3 Å². The van der Waals surface area contributed by atoms with Crippen LogP contribution in [0, 0.1) is 5.82 Å². The minimum Gasteiger partial charge on any atom is -0.496 e. The fourth-order valence-electron chi connectivity index (χ4n) is 2.92. The number of benzene rings is 1. The van der Waals surface area contributed by atoms with Crippen LogP contribution < -0.4 is 15.4 Å². The van der Waals surface area contributed by atoms with Crippen molar-refractivity contribution in [2.75, 3.05) is 37.9 Å². The van der Waals surface area contributed by atoms with E-state index in [4.69, 9.17) is 4.74 Å². The number of alkyl halides is 3. The number of halogens is 4. The molecular weight excluding hydrogens is 434 g/mol. The minimum absolute atomic E-state index is 0.0107. The van der Waals surface area contributed by atoms with Gasteiger partial charge < -0.3 is 25.4 Å². The van der Waals surface area contributed by atoms with Crippen molar-refractivity contribution < 1.29 is 32.2 Å². The number of carbonyl (C=O) groups is 1. The number of amides is 1. The fraction of sp³-hybridized carbons (Fsp3) is 0.450. The van der Waals surface area contributed by atoms with Gasteiger partial charge in [-0.2, -0.15) is 18.2 Å². The van der Waals surface area contributed by atoms with Crippen LogP contribution in [-0.2, 0) is 6.18 Å². The van der Waals surface area contributed by atoms with Crippen LogP contribution in [-0.4, -0.2) is 58.7 Å². The van der Waals surface area contributed by atoms with E-state index in [1.54, 1.807) is 6.92 Å². The number of likely N-dealkylation sites (N-methyl/N-ethyl adjacent to an activating group) is 1. The highest BCUT2D eigenvalue weighted by Crippen LogP contribution is 2.35. The molecule has 12 heteroatoms. The first-order valence-electron chi connectivity index (χ1n) is 9.57. The smallest absolute Gasteiger partial charge is 0.421 e. The lowest BCUT2D eigenvalue weighted by atomic mass is 10.1. The van der Waals surface area contributed by atoms with Crippen LogP contribution >= 0.6 is 0 Å². The Morgan fingerprint density at radius 2 is 1.94 bits per heavy atom. The third-order valence-electron chi connectivity index (χ3n) is 4.18. The quantitative estimate of drug-likeness (QED) is 0.518. The van der Waals surface area contributed by atoms with Gasteiger partial charge in [-0.15, -0.1) is 0 Å². The van der Waals surface area contributed by atoms with Crippen molar-refractivity contribution in [2.45, 2.75) is 32.5 Å². The van der Waals surface area contributed by atoms with Crippen molar-refractivity contribution in [3.63, 3.8) is 0 Å². The topological polar surface area (TPSA) is 99.6 Å². The lowest BCUT2D eigenvalue weighted by molar-refractivity contribution is -0.137. The molecular formula is C20H25F4N5O3. The lowest BCUT2D eigenvalue weighted by Gasteiger charge is -2.26. The molecule has 176 valence electrons. The number of nitrogens with zero attached hydrogens (tertiary/aromatic N) is 3. The van der Waals surface area contributed by atoms with E-state index in [2.05, 4.69) is 20.6 Å². The predicted molar refractivity (Wildman–Crippen MR) is 111 cm³/mol. The second-order valence-corrected chi connectivity index (χ2v) is 7.61. The Morgan fingerprint density at radius 1 is 1.28 bits per heavy atom. The SMILES string of the molecule is CCNc1nc(Nc2cc(OC)c(C(=O)N(C)CC(C)(C)O)cc2F)ncc1C(F)(F)F. The van der Waals surface area contributed by atoms with Gasteiger partial charge in [0.2, 0.25) is 5.95 Å². The second kappa shape index (κ2) is 9.55. The van der Waals surface area contributed by atoms with Gasteiger partial charge in [0.05, 0.1) is 24.0 Å². The lowest BCUT2D eigenvalue weighted by Crippen LogP contribution is -2.39. The molecule has 2 rings (SSSR count). The maximum atomic E-state index is 14.7. The molecule has 0 radical (unpaired) electrons. The average molecular weight is 459 g/mol. The van der Waals surface area contributed by atoms with E-state index >= 15 is 0 Å². The number of hydrogen-bond acceptors (Lipinski definition) is 7. The molecule has 0 aliphatic heterocycles. The summed E-state index contributed by atoms with van der Waals surface area (Å²) in [7, 11) is 2.73. The van der Waals surface area contributed by atoms with Crippen LogP contribution in [0.4, 0.5) is 35.0 Å². The molecule has 8 nitrogen and oxygen atoms in total. The summed E-state index contributed by atoms with van der Waals surface area (Å²) in [4.78, 5) is 21.3. The number of aliphatic hydroxyl groups is 1. The molecule has 32 heavy (non-hydrogen) atoms. The molecule has 0 saturated carbocycles. The van der Waals surface area contributed by atoms with Crippen LogP contribution in [0.25, 0.3) is 0 Å². The Labute approximate surface area is 182 Å². The van der Waals surface area contributed by atoms with Crippen molar-refractivity contribution in [3.05, 3.63) is 35.3 Å². The van der Waals surface area contributed by atoms with E-state index in [9.17, 15) is 27.5 Å². The molecule has 0 spiro atoms. The van der Waals surface area contributed by atoms with Crippen molar-refractivity contribution in [1.29, 1.82) is 0 Å². The number of methoxy groups -OCH3 is 1. The maximum absolute atomic E-state index is 14.7. The Morgan fingerprint density at radius 3 is 2.47 bits per heavy atom. The molecule has 0 bridgehead atoms. The summed E-state index contributed by atoms with van der Waals surface area (Å²) >= 11 is 0. The van der Waals surface area contributed by atoms with Crippen LogP contribution in [0.1, 0.15) is 36.7 Å². The normalized spacial score (nSPS) is 11.8. The van der Waals surface area contributed by atoms with Gasteiger partial charge in [-0.3, -0.25) is 4.79 Å². The summed E-state index contributed by atoms with van der Waals surface area (Å²) in [5.74, 6) is -2.19. The molecule has 1 aromatic heterocycles. The standard InChI is InChI=1S/C20H25F4N5O3/c1-6-25-16-12(20(22,23)24)9-26-18(28-16)27-14-8-15(32-5)11(7-13(14)21)17(30)29(4)10-19(2,3)31/h7-9,31H,6,10H2,1-5H3,(H2,25,26,27,28). The number of anilines is 3. The van der Waals surface area contributed by atoms with Gasteiger partial charge in [0.1, 0.15) is 22.9 Å². The van der Waals surface area contributed by atoms with Crippen molar-refractivity contribution >= 4 is 23.4 Å². The Bertz CT molecular complexity index is 977. The maximum Gasteiger partial charge on any atom is 0.421 e. The Kier molecular flexibility index (Phi) is 7.50. The molecule has 0 unspecified atom stereocenters. The summed E-state index contributed by atoms with van der Waals surface area (Å²) in [5.41, 5.74) is -2.52. The van der Waals surface area contributed by atoms with Crippen molar-refractivity contribution in [2.24, 2.45) is 0 Å². The number of aromatic nitrogens is 2. The van der Waals surface area contributed by atoms with E-state index in [0.717, 1.165) is 6.07 Å². The van der Waals surface area contributed by atoms with Crippen molar-refractivity contribution in [3.8, 4) is 5.75 Å². The van der Waals surface area contributed by atoms with Crippen LogP contribution in [0.2, 0.25) is 0 Å². The van der Waals surface area contributed by atoms with E-state index in [-0.39, 0.29) is 36.0 Å². The number of nitrogens with one attached hydrogen (secondary N) is 2. The van der Waals surface area contributed by atoms with E-state index < -0.39 is 34.9 Å². The highest BCUT2D eigenvalue weighted by Gasteiger charge is 2.35. The molecule has 3 N–H and O–H groups in total. The Hall–Kier alpha value is -3.15. The van der Waals surface area contributed by atoms with Gasteiger partial charge in [-0.25, -0.2) is 9.37 Å². The molecule has 0 saturated heterocycles. The zero-order valence-electron chi connectivity index (χ0n) is 18.3. The third kappa shape index (κ3) is 6.19. The molecule has 0 fully saturated rings. The van der Waals surface area contributed by atoms with Gasteiger partial charge in [-0.05, 0) is 26.8 Å². The van der Waals surface area contributed by atoms with Gasteiger partial charge >= 0.3 is 6.18 Å². The van der Waals surface area contributed by atoms with Crippen LogP contribution in [0.5, 0.6) is 5.75 Å². The van der Waals surface area contributed by atoms with E-state index in [1.807, 2.05) is 0 Å². The zero-order valence-corrected chi connectivity index (χ0v) is 18.3. The summed E-state index contributed by atoms with van der Waals surface area (Å²) in [6, 6.07) is 2.11. The summed E-state index contributed by atoms with van der Waals surface area (Å²) < 4.78 is 59.3. The highest BCUT2D eigenvalue weighted by atomic mass is 19.4.